The van der Waals surface area contributed by atoms with Crippen molar-refractivity contribution in [3.05, 3.63) is 42.0 Å². The molecule has 1 heterocycles. The number of quaternary nitrogens is 1. The lowest BCUT2D eigenvalue weighted by Crippen LogP contribution is -3.14. The van der Waals surface area contributed by atoms with Crippen LogP contribution in [0, 0.1) is 0 Å². The maximum atomic E-state index is 12.3. The molecule has 2 aromatic rings. The van der Waals surface area contributed by atoms with E-state index in [9.17, 15) is 9.90 Å². The van der Waals surface area contributed by atoms with E-state index in [1.54, 1.807) is 12.1 Å². The number of carbonyl (C=O) groups excluding carboxylic acids is 1. The number of carbonyl (C=O) groups is 1. The number of benzene rings is 2. The molecular formula is C18H23N2O3+. The summed E-state index contributed by atoms with van der Waals surface area (Å²) in [5, 5.41) is 14.8. The van der Waals surface area contributed by atoms with Gasteiger partial charge in [0.2, 0.25) is 0 Å². The van der Waals surface area contributed by atoms with Crippen LogP contribution in [0.5, 0.6) is 5.75 Å². The predicted molar refractivity (Wildman–Crippen MR) is 88.9 cm³/mol. The number of aromatic hydroxyl groups is 1. The van der Waals surface area contributed by atoms with Gasteiger partial charge in [0.25, 0.3) is 5.91 Å². The van der Waals surface area contributed by atoms with Crippen molar-refractivity contribution in [3.63, 3.8) is 0 Å². The number of nitrogens with one attached hydrogen (secondary N) is 2. The summed E-state index contributed by atoms with van der Waals surface area (Å²) in [6.45, 7) is 5.39. The minimum Gasteiger partial charge on any atom is -0.507 e. The molecule has 122 valence electrons. The van der Waals surface area contributed by atoms with E-state index >= 15 is 0 Å². The van der Waals surface area contributed by atoms with Gasteiger partial charge in [-0.05, 0) is 22.9 Å². The molecule has 1 fully saturated rings. The molecule has 0 spiro atoms. The molecule has 1 aliphatic heterocycles. The van der Waals surface area contributed by atoms with Crippen molar-refractivity contribution < 1.29 is 19.5 Å². The molecule has 3 rings (SSSR count). The number of morpholine rings is 1. The number of hydrogen-bond donors (Lipinski definition) is 3. The molecule has 0 bridgehead atoms. The van der Waals surface area contributed by atoms with E-state index in [1.807, 2.05) is 24.3 Å². The van der Waals surface area contributed by atoms with Crippen molar-refractivity contribution in [1.29, 1.82) is 0 Å². The summed E-state index contributed by atoms with van der Waals surface area (Å²) in [6.07, 6.45) is 0.926. The zero-order valence-electron chi connectivity index (χ0n) is 13.2. The second kappa shape index (κ2) is 7.44. The molecule has 0 radical (unpaired) electrons. The highest BCUT2D eigenvalue weighted by Crippen LogP contribution is 2.24. The lowest BCUT2D eigenvalue weighted by atomic mass is 10.1. The second-order valence-corrected chi connectivity index (χ2v) is 5.94. The Kier molecular flexibility index (Phi) is 5.10. The zero-order valence-corrected chi connectivity index (χ0v) is 13.2. The number of phenols is 1. The molecule has 0 aliphatic carbocycles. The number of ether oxygens (including phenoxy) is 1. The third-order valence-corrected chi connectivity index (χ3v) is 4.30. The van der Waals surface area contributed by atoms with Crippen LogP contribution in [0.1, 0.15) is 16.8 Å². The van der Waals surface area contributed by atoms with E-state index in [-0.39, 0.29) is 11.7 Å². The summed E-state index contributed by atoms with van der Waals surface area (Å²) in [5.74, 6) is -0.190. The maximum absolute atomic E-state index is 12.3. The summed E-state index contributed by atoms with van der Waals surface area (Å²) in [5.41, 5.74) is 0.336. The largest absolute Gasteiger partial charge is 0.507 e. The Morgan fingerprint density at radius 1 is 1.17 bits per heavy atom. The molecule has 23 heavy (non-hydrogen) atoms. The van der Waals surface area contributed by atoms with E-state index in [0.717, 1.165) is 50.0 Å². The monoisotopic (exact) mass is 315 g/mol. The Morgan fingerprint density at radius 2 is 1.87 bits per heavy atom. The number of amides is 1. The first-order valence-electron chi connectivity index (χ1n) is 8.15. The molecule has 5 heteroatoms. The molecule has 0 aromatic heterocycles. The van der Waals surface area contributed by atoms with Crippen LogP contribution in [0.25, 0.3) is 10.8 Å². The fourth-order valence-electron chi connectivity index (χ4n) is 2.96. The maximum Gasteiger partial charge on any atom is 0.255 e. The fraction of sp³-hybridized carbons (Fsp3) is 0.389. The Hall–Kier alpha value is -2.11. The number of rotatable bonds is 5. The van der Waals surface area contributed by atoms with Crippen LogP contribution in [0.2, 0.25) is 0 Å². The van der Waals surface area contributed by atoms with Crippen LogP contribution >= 0.6 is 0 Å². The smallest absolute Gasteiger partial charge is 0.255 e. The van der Waals surface area contributed by atoms with Crippen LogP contribution in [0.3, 0.4) is 0 Å². The van der Waals surface area contributed by atoms with Crippen molar-refractivity contribution in [2.45, 2.75) is 6.42 Å². The summed E-state index contributed by atoms with van der Waals surface area (Å²) in [7, 11) is 0. The minimum absolute atomic E-state index is 0.0278. The van der Waals surface area contributed by atoms with Crippen LogP contribution in [-0.2, 0) is 4.74 Å². The first-order chi connectivity index (χ1) is 11.2. The summed E-state index contributed by atoms with van der Waals surface area (Å²) < 4.78 is 5.33. The fourth-order valence-corrected chi connectivity index (χ4v) is 2.96. The Bertz CT molecular complexity index is 681. The molecule has 0 saturated carbocycles. The van der Waals surface area contributed by atoms with E-state index < -0.39 is 0 Å². The quantitative estimate of drug-likeness (QED) is 0.707. The Labute approximate surface area is 135 Å². The minimum atomic E-state index is -0.217. The highest BCUT2D eigenvalue weighted by Gasteiger charge is 2.14. The first kappa shape index (κ1) is 15.8. The zero-order chi connectivity index (χ0) is 16.1. The van der Waals surface area contributed by atoms with Crippen LogP contribution in [0.4, 0.5) is 0 Å². The average molecular weight is 315 g/mol. The molecule has 5 nitrogen and oxygen atoms in total. The molecule has 3 N–H and O–H groups in total. The van der Waals surface area contributed by atoms with Gasteiger partial charge in [0.15, 0.2) is 0 Å². The number of fused-ring (bicyclic) bond motifs is 1. The third-order valence-electron chi connectivity index (χ3n) is 4.30. The van der Waals surface area contributed by atoms with Crippen molar-refractivity contribution in [2.24, 2.45) is 0 Å². The molecule has 1 aliphatic rings. The topological polar surface area (TPSA) is 63.0 Å². The van der Waals surface area contributed by atoms with Gasteiger partial charge in [-0.3, -0.25) is 4.79 Å². The van der Waals surface area contributed by atoms with Gasteiger partial charge in [-0.15, -0.1) is 0 Å². The van der Waals surface area contributed by atoms with Crippen LogP contribution < -0.4 is 10.2 Å². The Morgan fingerprint density at radius 3 is 2.61 bits per heavy atom. The first-order valence-corrected chi connectivity index (χ1v) is 8.15. The predicted octanol–water partition coefficient (Wildman–Crippen LogP) is 0.580. The molecule has 1 saturated heterocycles. The van der Waals surface area contributed by atoms with Gasteiger partial charge >= 0.3 is 0 Å². The van der Waals surface area contributed by atoms with Gasteiger partial charge in [0.1, 0.15) is 18.8 Å². The normalized spacial score (nSPS) is 15.7. The van der Waals surface area contributed by atoms with Crippen LogP contribution in [0.15, 0.2) is 36.4 Å². The molecular weight excluding hydrogens is 292 g/mol. The lowest BCUT2D eigenvalue weighted by molar-refractivity contribution is -0.908. The molecule has 1 amide bonds. The summed E-state index contributed by atoms with van der Waals surface area (Å²) in [6, 6.07) is 11.1. The van der Waals surface area contributed by atoms with Gasteiger partial charge in [-0.2, -0.15) is 0 Å². The van der Waals surface area contributed by atoms with Gasteiger partial charge in [-0.1, -0.05) is 24.3 Å². The number of hydrogen-bond acceptors (Lipinski definition) is 3. The average Bonchev–Trinajstić information content (AvgIpc) is 2.59. The van der Waals surface area contributed by atoms with Gasteiger partial charge in [0.05, 0.1) is 25.3 Å². The van der Waals surface area contributed by atoms with Crippen LogP contribution in [-0.4, -0.2) is 50.4 Å². The molecule has 2 aromatic carbocycles. The summed E-state index contributed by atoms with van der Waals surface area (Å²) >= 11 is 0. The Balaban J connectivity index is 1.54. The summed E-state index contributed by atoms with van der Waals surface area (Å²) in [4.78, 5) is 13.8. The molecule has 0 atom stereocenters. The highest BCUT2D eigenvalue weighted by atomic mass is 16.5. The number of phenolic OH excluding ortho intramolecular Hbond substituents is 1. The second-order valence-electron chi connectivity index (χ2n) is 5.94. The van der Waals surface area contributed by atoms with Gasteiger partial charge in [0, 0.05) is 13.0 Å². The third kappa shape index (κ3) is 4.00. The van der Waals surface area contributed by atoms with E-state index in [1.165, 1.54) is 4.90 Å². The van der Waals surface area contributed by atoms with Gasteiger partial charge in [-0.25, -0.2) is 0 Å². The standard InChI is InChI=1S/C18H22N2O3/c21-17-13-15-5-2-1-4-14(15)12-16(17)18(22)19-6-3-7-20-8-10-23-11-9-20/h1-2,4-5,12-13,21H,3,6-11H2,(H,19,22)/p+1. The highest BCUT2D eigenvalue weighted by molar-refractivity contribution is 6.01. The lowest BCUT2D eigenvalue weighted by Gasteiger charge is -2.23. The molecule has 0 unspecified atom stereocenters. The van der Waals surface area contributed by atoms with E-state index in [4.69, 9.17) is 4.74 Å². The van der Waals surface area contributed by atoms with Crippen molar-refractivity contribution in [1.82, 2.24) is 5.32 Å². The van der Waals surface area contributed by atoms with Crippen molar-refractivity contribution >= 4 is 16.7 Å². The van der Waals surface area contributed by atoms with Crippen molar-refractivity contribution in [2.75, 3.05) is 39.4 Å². The van der Waals surface area contributed by atoms with Gasteiger partial charge < -0.3 is 20.1 Å². The van der Waals surface area contributed by atoms with E-state index in [2.05, 4.69) is 5.32 Å². The van der Waals surface area contributed by atoms with Crippen molar-refractivity contribution in [3.8, 4) is 5.75 Å². The van der Waals surface area contributed by atoms with E-state index in [0.29, 0.717) is 12.1 Å². The SMILES string of the molecule is O=C(NCCC[NH+]1CCOCC1)c1cc2ccccc2cc1O.